The lowest BCUT2D eigenvalue weighted by molar-refractivity contribution is 0.0979. The van der Waals surface area contributed by atoms with Gasteiger partial charge in [0.15, 0.2) is 11.6 Å². The standard InChI is InChI=1S/C18H13N3O4S/c1-21-16(8-9-19-21)20-26(24,25)11-6-7-14-15(10-11)18(23)13-5-3-2-4-12(13)17(14)22/h2-10,20H,1H3. The third kappa shape index (κ3) is 2.42. The fraction of sp³-hybridized carbons (Fsp3) is 0.0556. The molecule has 0 bridgehead atoms. The summed E-state index contributed by atoms with van der Waals surface area (Å²) in [4.78, 5) is 25.2. The third-order valence-corrected chi connectivity index (χ3v) is 5.62. The van der Waals surface area contributed by atoms with Gasteiger partial charge in [0, 0.05) is 35.4 Å². The molecule has 0 aliphatic heterocycles. The van der Waals surface area contributed by atoms with Gasteiger partial charge in [0.1, 0.15) is 5.82 Å². The highest BCUT2D eigenvalue weighted by molar-refractivity contribution is 7.92. The average molecular weight is 367 g/mol. The number of rotatable bonds is 3. The van der Waals surface area contributed by atoms with Crippen molar-refractivity contribution in [3.8, 4) is 0 Å². The molecule has 0 spiro atoms. The second-order valence-electron chi connectivity index (χ2n) is 5.86. The Morgan fingerprint density at radius 1 is 0.885 bits per heavy atom. The van der Waals surface area contributed by atoms with Crippen molar-refractivity contribution >= 4 is 27.4 Å². The molecule has 0 amide bonds. The molecule has 4 rings (SSSR count). The minimum atomic E-state index is -3.93. The zero-order valence-corrected chi connectivity index (χ0v) is 14.4. The van der Waals surface area contributed by atoms with Crippen LogP contribution in [0.5, 0.6) is 0 Å². The number of carbonyl (C=O) groups excluding carboxylic acids is 2. The molecule has 0 fully saturated rings. The smallest absolute Gasteiger partial charge is 0.263 e. The highest BCUT2D eigenvalue weighted by Gasteiger charge is 2.30. The van der Waals surface area contributed by atoms with Crippen LogP contribution in [0, 0.1) is 0 Å². The Morgan fingerprint density at radius 2 is 1.50 bits per heavy atom. The average Bonchev–Trinajstić information content (AvgIpc) is 3.03. The number of benzene rings is 2. The third-order valence-electron chi connectivity index (χ3n) is 4.27. The van der Waals surface area contributed by atoms with Crippen molar-refractivity contribution in [2.75, 3.05) is 4.72 Å². The molecule has 0 unspecified atom stereocenters. The van der Waals surface area contributed by atoms with E-state index in [4.69, 9.17) is 0 Å². The number of nitrogens with zero attached hydrogens (tertiary/aromatic N) is 2. The van der Waals surface area contributed by atoms with Crippen LogP contribution in [0.3, 0.4) is 0 Å². The van der Waals surface area contributed by atoms with Crippen molar-refractivity contribution in [3.05, 3.63) is 77.0 Å². The van der Waals surface area contributed by atoms with Gasteiger partial charge in [-0.3, -0.25) is 19.0 Å². The Hall–Kier alpha value is -3.26. The zero-order valence-electron chi connectivity index (χ0n) is 13.6. The van der Waals surface area contributed by atoms with Crippen LogP contribution in [-0.4, -0.2) is 29.8 Å². The summed E-state index contributed by atoms with van der Waals surface area (Å²) in [6.07, 6.45) is 1.46. The summed E-state index contributed by atoms with van der Waals surface area (Å²) in [5, 5.41) is 3.90. The summed E-state index contributed by atoms with van der Waals surface area (Å²) in [6.45, 7) is 0. The molecule has 0 atom stereocenters. The molecule has 3 aromatic rings. The lowest BCUT2D eigenvalue weighted by Gasteiger charge is -2.18. The number of anilines is 1. The first kappa shape index (κ1) is 16.2. The Morgan fingerprint density at radius 3 is 2.12 bits per heavy atom. The molecule has 0 radical (unpaired) electrons. The number of aryl methyl sites for hydroxylation is 1. The molecule has 7 nitrogen and oxygen atoms in total. The minimum absolute atomic E-state index is 0.0848. The van der Waals surface area contributed by atoms with E-state index in [-0.39, 0.29) is 39.0 Å². The molecule has 8 heteroatoms. The van der Waals surface area contributed by atoms with Gasteiger partial charge in [0.25, 0.3) is 10.0 Å². The first-order valence-corrected chi connectivity index (χ1v) is 9.20. The molecule has 1 aliphatic carbocycles. The van der Waals surface area contributed by atoms with E-state index in [9.17, 15) is 18.0 Å². The van der Waals surface area contributed by atoms with Crippen molar-refractivity contribution in [2.24, 2.45) is 7.05 Å². The summed E-state index contributed by atoms with van der Waals surface area (Å²) >= 11 is 0. The fourth-order valence-electron chi connectivity index (χ4n) is 2.92. The monoisotopic (exact) mass is 367 g/mol. The molecular formula is C18H13N3O4S. The SMILES string of the molecule is Cn1nccc1NS(=O)(=O)c1ccc2c(c1)C(=O)c1ccccc1C2=O. The number of nitrogens with one attached hydrogen (secondary N) is 1. The minimum Gasteiger partial charge on any atom is -0.289 e. The van der Waals surface area contributed by atoms with E-state index in [0.29, 0.717) is 5.56 Å². The molecule has 1 N–H and O–H groups in total. The van der Waals surface area contributed by atoms with E-state index in [1.54, 1.807) is 31.3 Å². The zero-order chi connectivity index (χ0) is 18.5. The van der Waals surface area contributed by atoms with Gasteiger partial charge in [-0.25, -0.2) is 8.42 Å². The number of carbonyl (C=O) groups is 2. The maximum absolute atomic E-state index is 12.7. The summed E-state index contributed by atoms with van der Waals surface area (Å²) in [5.74, 6) is -0.373. The fourth-order valence-corrected chi connectivity index (χ4v) is 4.03. The van der Waals surface area contributed by atoms with Crippen molar-refractivity contribution in [3.63, 3.8) is 0 Å². The quantitative estimate of drug-likeness (QED) is 0.597. The van der Waals surface area contributed by atoms with E-state index < -0.39 is 10.0 Å². The van der Waals surface area contributed by atoms with Crippen LogP contribution in [0.15, 0.2) is 59.6 Å². The van der Waals surface area contributed by atoms with Crippen LogP contribution < -0.4 is 4.72 Å². The van der Waals surface area contributed by atoms with Gasteiger partial charge in [-0.1, -0.05) is 24.3 Å². The van der Waals surface area contributed by atoms with Gasteiger partial charge in [-0.15, -0.1) is 0 Å². The van der Waals surface area contributed by atoms with Crippen LogP contribution in [-0.2, 0) is 17.1 Å². The lowest BCUT2D eigenvalue weighted by Crippen LogP contribution is -2.22. The van der Waals surface area contributed by atoms with Crippen molar-refractivity contribution in [2.45, 2.75) is 4.90 Å². The predicted molar refractivity (Wildman–Crippen MR) is 93.8 cm³/mol. The first-order chi connectivity index (χ1) is 12.4. The Bertz CT molecular complexity index is 1180. The van der Waals surface area contributed by atoms with Crippen molar-refractivity contribution in [1.29, 1.82) is 0 Å². The first-order valence-electron chi connectivity index (χ1n) is 7.72. The summed E-state index contributed by atoms with van der Waals surface area (Å²) in [5.41, 5.74) is 0.891. The van der Waals surface area contributed by atoms with E-state index in [2.05, 4.69) is 9.82 Å². The maximum Gasteiger partial charge on any atom is 0.263 e. The second kappa shape index (κ2) is 5.63. The number of sulfonamides is 1. The van der Waals surface area contributed by atoms with Gasteiger partial charge >= 0.3 is 0 Å². The number of hydrogen-bond acceptors (Lipinski definition) is 5. The summed E-state index contributed by atoms with van der Waals surface area (Å²) in [6, 6.07) is 12.0. The number of hydrogen-bond donors (Lipinski definition) is 1. The van der Waals surface area contributed by atoms with Crippen LogP contribution in [0.2, 0.25) is 0 Å². The van der Waals surface area contributed by atoms with Crippen LogP contribution in [0.4, 0.5) is 5.82 Å². The van der Waals surface area contributed by atoms with E-state index in [1.807, 2.05) is 0 Å². The highest BCUT2D eigenvalue weighted by atomic mass is 32.2. The van der Waals surface area contributed by atoms with Crippen molar-refractivity contribution in [1.82, 2.24) is 9.78 Å². The Kier molecular flexibility index (Phi) is 3.52. The molecule has 1 aliphatic rings. The molecule has 26 heavy (non-hydrogen) atoms. The number of fused-ring (bicyclic) bond motifs is 2. The molecule has 0 saturated heterocycles. The van der Waals surface area contributed by atoms with Gasteiger partial charge < -0.3 is 0 Å². The summed E-state index contributed by atoms with van der Waals surface area (Å²) in [7, 11) is -2.33. The molecule has 130 valence electrons. The Labute approximate surface area is 149 Å². The molecule has 2 aromatic carbocycles. The number of ketones is 2. The molecule has 1 heterocycles. The Balaban J connectivity index is 1.79. The van der Waals surface area contributed by atoms with Crippen LogP contribution >= 0.6 is 0 Å². The highest BCUT2D eigenvalue weighted by Crippen LogP contribution is 2.29. The van der Waals surface area contributed by atoms with Gasteiger partial charge in [0.05, 0.1) is 11.1 Å². The molecule has 0 saturated carbocycles. The summed E-state index contributed by atoms with van der Waals surface area (Å²) < 4.78 is 29.0. The van der Waals surface area contributed by atoms with E-state index >= 15 is 0 Å². The van der Waals surface area contributed by atoms with Crippen LogP contribution in [0.1, 0.15) is 31.8 Å². The maximum atomic E-state index is 12.7. The van der Waals surface area contributed by atoms with Crippen molar-refractivity contribution < 1.29 is 18.0 Å². The largest absolute Gasteiger partial charge is 0.289 e. The normalized spacial score (nSPS) is 13.3. The topological polar surface area (TPSA) is 98.1 Å². The molecule has 1 aromatic heterocycles. The van der Waals surface area contributed by atoms with E-state index in [1.165, 1.54) is 35.1 Å². The van der Waals surface area contributed by atoms with E-state index in [0.717, 1.165) is 0 Å². The van der Waals surface area contributed by atoms with Gasteiger partial charge in [-0.2, -0.15) is 5.10 Å². The lowest BCUT2D eigenvalue weighted by atomic mass is 9.84. The predicted octanol–water partition coefficient (Wildman–Crippen LogP) is 2.00. The molecular weight excluding hydrogens is 354 g/mol. The van der Waals surface area contributed by atoms with Gasteiger partial charge in [0.2, 0.25) is 0 Å². The number of aromatic nitrogens is 2. The van der Waals surface area contributed by atoms with Gasteiger partial charge in [-0.05, 0) is 18.2 Å². The second-order valence-corrected chi connectivity index (χ2v) is 7.54. The van der Waals surface area contributed by atoms with Crippen LogP contribution in [0.25, 0.3) is 0 Å².